The molecule has 2 heterocycles. The summed E-state index contributed by atoms with van der Waals surface area (Å²) in [4.78, 5) is 16.5. The normalized spacial score (nSPS) is 19.9. The fourth-order valence-corrected chi connectivity index (χ4v) is 1.95. The van der Waals surface area contributed by atoms with Crippen molar-refractivity contribution in [2.45, 2.75) is 13.0 Å². The first-order valence-corrected chi connectivity index (χ1v) is 5.70. The zero-order chi connectivity index (χ0) is 13.1. The van der Waals surface area contributed by atoms with Gasteiger partial charge >= 0.3 is 5.69 Å². The van der Waals surface area contributed by atoms with Crippen molar-refractivity contribution in [1.82, 2.24) is 4.98 Å². The zero-order valence-electron chi connectivity index (χ0n) is 10.1. The quantitative estimate of drug-likeness (QED) is 0.623. The van der Waals surface area contributed by atoms with Gasteiger partial charge in [-0.3, -0.25) is 10.1 Å². The van der Waals surface area contributed by atoms with Gasteiger partial charge in [0.1, 0.15) is 0 Å². The summed E-state index contributed by atoms with van der Waals surface area (Å²) < 4.78 is 5.31. The molecule has 1 saturated heterocycles. The number of aliphatic hydroxyl groups is 1. The summed E-state index contributed by atoms with van der Waals surface area (Å²) >= 11 is 0. The summed E-state index contributed by atoms with van der Waals surface area (Å²) in [6, 6.07) is 1.51. The number of anilines is 1. The predicted molar refractivity (Wildman–Crippen MR) is 64.7 cm³/mol. The van der Waals surface area contributed by atoms with E-state index in [4.69, 9.17) is 9.84 Å². The van der Waals surface area contributed by atoms with E-state index in [0.717, 1.165) is 5.56 Å². The number of aryl methyl sites for hydroxylation is 1. The lowest BCUT2D eigenvalue weighted by Gasteiger charge is -2.32. The summed E-state index contributed by atoms with van der Waals surface area (Å²) in [5, 5.41) is 20.1. The Hall–Kier alpha value is -1.73. The first-order valence-electron chi connectivity index (χ1n) is 5.70. The van der Waals surface area contributed by atoms with Crippen molar-refractivity contribution in [2.24, 2.45) is 0 Å². The Bertz CT molecular complexity index is 452. The smallest absolute Gasteiger partial charge is 0.311 e. The fourth-order valence-electron chi connectivity index (χ4n) is 1.95. The molecule has 1 unspecified atom stereocenters. The molecule has 18 heavy (non-hydrogen) atoms. The van der Waals surface area contributed by atoms with Gasteiger partial charge in [0.15, 0.2) is 0 Å². The minimum Gasteiger partial charge on any atom is -0.394 e. The molecule has 0 bridgehead atoms. The van der Waals surface area contributed by atoms with E-state index in [1.165, 1.54) is 6.07 Å². The molecule has 1 N–H and O–H groups in total. The van der Waals surface area contributed by atoms with Crippen molar-refractivity contribution >= 4 is 11.5 Å². The maximum Gasteiger partial charge on any atom is 0.311 e. The van der Waals surface area contributed by atoms with Gasteiger partial charge in [0, 0.05) is 25.4 Å². The minimum absolute atomic E-state index is 0.00594. The lowest BCUT2D eigenvalue weighted by Crippen LogP contribution is -2.44. The van der Waals surface area contributed by atoms with Crippen LogP contribution in [0.15, 0.2) is 12.3 Å². The molecule has 7 nitrogen and oxygen atoms in total. The van der Waals surface area contributed by atoms with E-state index in [9.17, 15) is 10.1 Å². The number of rotatable bonds is 3. The molecule has 1 aliphatic rings. The molecule has 1 aromatic heterocycles. The van der Waals surface area contributed by atoms with Gasteiger partial charge in [-0.1, -0.05) is 0 Å². The number of morpholine rings is 1. The first-order chi connectivity index (χ1) is 8.61. The van der Waals surface area contributed by atoms with Crippen LogP contribution in [0.25, 0.3) is 0 Å². The Kier molecular flexibility index (Phi) is 3.73. The average molecular weight is 253 g/mol. The van der Waals surface area contributed by atoms with Crippen molar-refractivity contribution in [1.29, 1.82) is 0 Å². The maximum absolute atomic E-state index is 11.0. The number of hydrogen-bond donors (Lipinski definition) is 1. The number of ether oxygens (including phenoxy) is 1. The highest BCUT2D eigenvalue weighted by molar-refractivity contribution is 5.58. The van der Waals surface area contributed by atoms with Crippen molar-refractivity contribution < 1.29 is 14.8 Å². The molecule has 2 rings (SSSR count). The number of nitro groups is 1. The molecule has 0 aromatic carbocycles. The van der Waals surface area contributed by atoms with Crippen molar-refractivity contribution in [3.05, 3.63) is 27.9 Å². The molecular weight excluding hydrogens is 238 g/mol. The molecule has 0 spiro atoms. The third kappa shape index (κ3) is 2.57. The second-order valence-corrected chi connectivity index (χ2v) is 4.23. The molecule has 0 saturated carbocycles. The molecule has 0 aliphatic carbocycles. The van der Waals surface area contributed by atoms with E-state index < -0.39 is 4.92 Å². The van der Waals surface area contributed by atoms with Crippen LogP contribution in [-0.4, -0.2) is 47.4 Å². The second-order valence-electron chi connectivity index (χ2n) is 4.23. The topological polar surface area (TPSA) is 88.7 Å². The van der Waals surface area contributed by atoms with Crippen LogP contribution in [0.3, 0.4) is 0 Å². The molecule has 7 heteroatoms. The van der Waals surface area contributed by atoms with Gasteiger partial charge in [-0.2, -0.15) is 0 Å². The average Bonchev–Trinajstić information content (AvgIpc) is 2.38. The predicted octanol–water partition coefficient (Wildman–Crippen LogP) is 0.496. The van der Waals surface area contributed by atoms with Crippen LogP contribution in [-0.2, 0) is 4.74 Å². The molecule has 1 atom stereocenters. The molecule has 1 fully saturated rings. The van der Waals surface area contributed by atoms with Crippen molar-refractivity contribution in [3.63, 3.8) is 0 Å². The second kappa shape index (κ2) is 5.28. The van der Waals surface area contributed by atoms with E-state index in [-0.39, 0.29) is 18.4 Å². The maximum atomic E-state index is 11.0. The summed E-state index contributed by atoms with van der Waals surface area (Å²) in [6.07, 6.45) is 1.28. The summed E-state index contributed by atoms with van der Waals surface area (Å²) in [7, 11) is 0. The number of aromatic nitrogens is 1. The van der Waals surface area contributed by atoms with Gasteiger partial charge in [0.25, 0.3) is 0 Å². The number of hydrogen-bond acceptors (Lipinski definition) is 6. The van der Waals surface area contributed by atoms with E-state index in [1.807, 2.05) is 0 Å². The van der Waals surface area contributed by atoms with Gasteiger partial charge < -0.3 is 14.7 Å². The third-order valence-corrected chi connectivity index (χ3v) is 2.82. The monoisotopic (exact) mass is 253 g/mol. The Labute approximate surface area is 104 Å². The van der Waals surface area contributed by atoms with Crippen LogP contribution < -0.4 is 4.90 Å². The van der Waals surface area contributed by atoms with E-state index in [0.29, 0.717) is 25.5 Å². The lowest BCUT2D eigenvalue weighted by molar-refractivity contribution is -0.384. The zero-order valence-corrected chi connectivity index (χ0v) is 10.1. The first kappa shape index (κ1) is 12.7. The standard InChI is InChI=1S/C11H15N3O4/c1-8-4-10(14(16)17)11(12-5-8)13-2-3-18-9(6-13)7-15/h4-5,9,15H,2-3,6-7H2,1H3. The molecule has 98 valence electrons. The molecule has 0 radical (unpaired) electrons. The van der Waals surface area contributed by atoms with Crippen LogP contribution in [0.4, 0.5) is 11.5 Å². The number of aliphatic hydroxyl groups excluding tert-OH is 1. The number of nitrogens with zero attached hydrogens (tertiary/aromatic N) is 3. The fraction of sp³-hybridized carbons (Fsp3) is 0.545. The van der Waals surface area contributed by atoms with Crippen molar-refractivity contribution in [3.8, 4) is 0 Å². The Balaban J connectivity index is 2.29. The SMILES string of the molecule is Cc1cnc(N2CCOC(CO)C2)c([N+](=O)[O-])c1. The van der Waals surface area contributed by atoms with E-state index in [2.05, 4.69) is 4.98 Å². The van der Waals surface area contributed by atoms with Crippen LogP contribution in [0.2, 0.25) is 0 Å². The highest BCUT2D eigenvalue weighted by Gasteiger charge is 2.26. The van der Waals surface area contributed by atoms with Crippen LogP contribution in [0.5, 0.6) is 0 Å². The van der Waals surface area contributed by atoms with Crippen LogP contribution >= 0.6 is 0 Å². The highest BCUT2D eigenvalue weighted by atomic mass is 16.6. The van der Waals surface area contributed by atoms with Gasteiger partial charge in [0.05, 0.1) is 24.2 Å². The summed E-state index contributed by atoms with van der Waals surface area (Å²) in [6.45, 7) is 3.04. The van der Waals surface area contributed by atoms with Crippen LogP contribution in [0.1, 0.15) is 5.56 Å². The van der Waals surface area contributed by atoms with Gasteiger partial charge in [-0.05, 0) is 12.5 Å². The molecular formula is C11H15N3O4. The highest BCUT2D eigenvalue weighted by Crippen LogP contribution is 2.27. The Morgan fingerprint density at radius 3 is 3.17 bits per heavy atom. The Morgan fingerprint density at radius 1 is 1.72 bits per heavy atom. The van der Waals surface area contributed by atoms with Gasteiger partial charge in [-0.25, -0.2) is 4.98 Å². The molecule has 1 aromatic rings. The van der Waals surface area contributed by atoms with Gasteiger partial charge in [0.2, 0.25) is 5.82 Å². The molecule has 1 aliphatic heterocycles. The summed E-state index contributed by atoms with van der Waals surface area (Å²) in [5.41, 5.74) is 0.742. The third-order valence-electron chi connectivity index (χ3n) is 2.82. The Morgan fingerprint density at radius 2 is 2.50 bits per heavy atom. The van der Waals surface area contributed by atoms with Crippen LogP contribution in [0, 0.1) is 17.0 Å². The lowest BCUT2D eigenvalue weighted by atomic mass is 10.2. The number of pyridine rings is 1. The summed E-state index contributed by atoms with van der Waals surface area (Å²) in [5.74, 6) is 0.340. The van der Waals surface area contributed by atoms with E-state index >= 15 is 0 Å². The van der Waals surface area contributed by atoms with Gasteiger partial charge in [-0.15, -0.1) is 0 Å². The van der Waals surface area contributed by atoms with E-state index in [1.54, 1.807) is 18.0 Å². The largest absolute Gasteiger partial charge is 0.394 e. The van der Waals surface area contributed by atoms with Crippen molar-refractivity contribution in [2.75, 3.05) is 31.2 Å². The minimum atomic E-state index is -0.432. The molecule has 0 amide bonds.